The third-order valence-corrected chi connectivity index (χ3v) is 2.72. The van der Waals surface area contributed by atoms with Crippen molar-refractivity contribution in [3.63, 3.8) is 0 Å². The van der Waals surface area contributed by atoms with Gasteiger partial charge in [0.2, 0.25) is 0 Å². The predicted molar refractivity (Wildman–Crippen MR) is 74.3 cm³/mol. The van der Waals surface area contributed by atoms with Crippen molar-refractivity contribution in [2.24, 2.45) is 0 Å². The van der Waals surface area contributed by atoms with Gasteiger partial charge >= 0.3 is 5.97 Å². The van der Waals surface area contributed by atoms with Gasteiger partial charge in [-0.1, -0.05) is 6.07 Å². The first kappa shape index (κ1) is 14.6. The van der Waals surface area contributed by atoms with E-state index in [1.165, 1.54) is 36.7 Å². The number of anilines is 1. The molecule has 2 rings (SSSR count). The summed E-state index contributed by atoms with van der Waals surface area (Å²) in [5.41, 5.74) is 1.37. The molecular weight excluding hydrogens is 275 g/mol. The first-order valence-electron chi connectivity index (χ1n) is 6.19. The molecule has 5 nitrogen and oxygen atoms in total. The molecule has 108 valence electrons. The first-order chi connectivity index (χ1) is 10.1. The van der Waals surface area contributed by atoms with Gasteiger partial charge in [-0.3, -0.25) is 9.78 Å². The summed E-state index contributed by atoms with van der Waals surface area (Å²) in [7, 11) is 0. The maximum absolute atomic E-state index is 13.1. The van der Waals surface area contributed by atoms with E-state index in [0.717, 1.165) is 0 Å². The fourth-order valence-corrected chi connectivity index (χ4v) is 1.62. The third kappa shape index (κ3) is 4.10. The van der Waals surface area contributed by atoms with Crippen molar-refractivity contribution < 1.29 is 18.7 Å². The minimum absolute atomic E-state index is 0.305. The standard InChI is InChI=1S/C15H13FN2O3/c1-10-2-3-12(16)8-13(10)18-14(19)9-21-15(20)11-4-6-17-7-5-11/h2-8H,9H2,1H3,(H,18,19). The molecule has 1 aromatic carbocycles. The number of hydrogen-bond donors (Lipinski definition) is 1. The molecule has 0 saturated heterocycles. The van der Waals surface area contributed by atoms with E-state index in [4.69, 9.17) is 4.74 Å². The Morgan fingerprint density at radius 2 is 1.95 bits per heavy atom. The number of ether oxygens (including phenoxy) is 1. The molecule has 0 aliphatic rings. The number of carbonyl (C=O) groups excluding carboxylic acids is 2. The normalized spacial score (nSPS) is 10.0. The van der Waals surface area contributed by atoms with E-state index in [-0.39, 0.29) is 0 Å². The lowest BCUT2D eigenvalue weighted by Crippen LogP contribution is -2.21. The van der Waals surface area contributed by atoms with Gasteiger partial charge in [0.1, 0.15) is 5.82 Å². The maximum Gasteiger partial charge on any atom is 0.338 e. The Balaban J connectivity index is 1.91. The van der Waals surface area contributed by atoms with Crippen molar-refractivity contribution in [3.8, 4) is 0 Å². The zero-order valence-electron chi connectivity index (χ0n) is 11.3. The van der Waals surface area contributed by atoms with Crippen molar-refractivity contribution >= 4 is 17.6 Å². The van der Waals surface area contributed by atoms with Crippen molar-refractivity contribution in [2.75, 3.05) is 11.9 Å². The lowest BCUT2D eigenvalue weighted by molar-refractivity contribution is -0.119. The minimum Gasteiger partial charge on any atom is -0.452 e. The molecular formula is C15H13FN2O3. The number of rotatable bonds is 4. The van der Waals surface area contributed by atoms with Crippen LogP contribution in [0.4, 0.5) is 10.1 Å². The first-order valence-corrected chi connectivity index (χ1v) is 6.19. The van der Waals surface area contributed by atoms with Crippen LogP contribution in [0.3, 0.4) is 0 Å². The number of halogens is 1. The Morgan fingerprint density at radius 1 is 1.24 bits per heavy atom. The highest BCUT2D eigenvalue weighted by molar-refractivity contribution is 5.95. The fraction of sp³-hybridized carbons (Fsp3) is 0.133. The zero-order chi connectivity index (χ0) is 15.2. The van der Waals surface area contributed by atoms with Crippen molar-refractivity contribution in [2.45, 2.75) is 6.92 Å². The number of carbonyl (C=O) groups is 2. The van der Waals surface area contributed by atoms with Gasteiger partial charge in [-0.15, -0.1) is 0 Å². The molecule has 1 N–H and O–H groups in total. The van der Waals surface area contributed by atoms with Crippen LogP contribution in [-0.2, 0) is 9.53 Å². The molecule has 1 aromatic heterocycles. The molecule has 0 fully saturated rings. The summed E-state index contributed by atoms with van der Waals surface area (Å²) in [4.78, 5) is 27.1. The van der Waals surface area contributed by atoms with Crippen LogP contribution in [0.1, 0.15) is 15.9 Å². The lowest BCUT2D eigenvalue weighted by Gasteiger charge is -2.09. The van der Waals surface area contributed by atoms with Gasteiger partial charge in [0, 0.05) is 18.1 Å². The lowest BCUT2D eigenvalue weighted by atomic mass is 10.2. The summed E-state index contributed by atoms with van der Waals surface area (Å²) < 4.78 is 18.0. The molecule has 0 radical (unpaired) electrons. The number of amides is 1. The number of hydrogen-bond acceptors (Lipinski definition) is 4. The van der Waals surface area contributed by atoms with E-state index in [1.807, 2.05) is 0 Å². The van der Waals surface area contributed by atoms with Crippen molar-refractivity contribution in [1.29, 1.82) is 0 Å². The van der Waals surface area contributed by atoms with Crippen LogP contribution < -0.4 is 5.32 Å². The van der Waals surface area contributed by atoms with Crippen LogP contribution >= 0.6 is 0 Å². The second kappa shape index (κ2) is 6.60. The average molecular weight is 288 g/mol. The maximum atomic E-state index is 13.1. The van der Waals surface area contributed by atoms with E-state index in [1.54, 1.807) is 13.0 Å². The number of nitrogens with one attached hydrogen (secondary N) is 1. The number of aryl methyl sites for hydroxylation is 1. The molecule has 6 heteroatoms. The van der Waals surface area contributed by atoms with Crippen molar-refractivity contribution in [3.05, 3.63) is 59.7 Å². The highest BCUT2D eigenvalue weighted by Crippen LogP contribution is 2.15. The van der Waals surface area contributed by atoms with Crippen LogP contribution in [0.5, 0.6) is 0 Å². The summed E-state index contributed by atoms with van der Waals surface area (Å²) in [6.07, 6.45) is 2.90. The van der Waals surface area contributed by atoms with E-state index in [0.29, 0.717) is 16.8 Å². The Kier molecular flexibility index (Phi) is 4.61. The number of esters is 1. The Morgan fingerprint density at radius 3 is 2.67 bits per heavy atom. The van der Waals surface area contributed by atoms with Gasteiger partial charge in [0.25, 0.3) is 5.91 Å². The second-order valence-electron chi connectivity index (χ2n) is 4.32. The highest BCUT2D eigenvalue weighted by atomic mass is 19.1. The summed E-state index contributed by atoms with van der Waals surface area (Å²) in [6.45, 7) is 1.29. The van der Waals surface area contributed by atoms with E-state index >= 15 is 0 Å². The molecule has 1 heterocycles. The van der Waals surface area contributed by atoms with Crippen LogP contribution in [0, 0.1) is 12.7 Å². The Hall–Kier alpha value is -2.76. The molecule has 0 atom stereocenters. The van der Waals surface area contributed by atoms with Gasteiger partial charge in [0.05, 0.1) is 5.56 Å². The third-order valence-electron chi connectivity index (χ3n) is 2.72. The van der Waals surface area contributed by atoms with Crippen molar-refractivity contribution in [1.82, 2.24) is 4.98 Å². The topological polar surface area (TPSA) is 68.3 Å². The highest BCUT2D eigenvalue weighted by Gasteiger charge is 2.11. The van der Waals surface area contributed by atoms with Crippen LogP contribution in [-0.4, -0.2) is 23.5 Å². The van der Waals surface area contributed by atoms with E-state index in [9.17, 15) is 14.0 Å². The molecule has 0 saturated carbocycles. The van der Waals surface area contributed by atoms with Crippen LogP contribution in [0.15, 0.2) is 42.7 Å². The number of nitrogens with zero attached hydrogens (tertiary/aromatic N) is 1. The van der Waals surface area contributed by atoms with Gasteiger partial charge in [0.15, 0.2) is 6.61 Å². The molecule has 0 unspecified atom stereocenters. The van der Waals surface area contributed by atoms with E-state index < -0.39 is 24.3 Å². The summed E-state index contributed by atoms with van der Waals surface area (Å²) in [5.74, 6) is -1.61. The molecule has 0 bridgehead atoms. The van der Waals surface area contributed by atoms with Gasteiger partial charge in [-0.2, -0.15) is 0 Å². The largest absolute Gasteiger partial charge is 0.452 e. The Labute approximate surface area is 120 Å². The summed E-state index contributed by atoms with van der Waals surface area (Å²) in [6, 6.07) is 7.02. The Bertz CT molecular complexity index is 659. The molecule has 2 aromatic rings. The molecule has 1 amide bonds. The predicted octanol–water partition coefficient (Wildman–Crippen LogP) is 2.32. The van der Waals surface area contributed by atoms with Crippen LogP contribution in [0.25, 0.3) is 0 Å². The zero-order valence-corrected chi connectivity index (χ0v) is 11.3. The number of benzene rings is 1. The smallest absolute Gasteiger partial charge is 0.338 e. The number of aromatic nitrogens is 1. The molecule has 21 heavy (non-hydrogen) atoms. The second-order valence-corrected chi connectivity index (χ2v) is 4.32. The molecule has 0 aliphatic heterocycles. The number of pyridine rings is 1. The van der Waals surface area contributed by atoms with Crippen LogP contribution in [0.2, 0.25) is 0 Å². The SMILES string of the molecule is Cc1ccc(F)cc1NC(=O)COC(=O)c1ccncc1. The average Bonchev–Trinajstić information content (AvgIpc) is 2.49. The van der Waals surface area contributed by atoms with Gasteiger partial charge < -0.3 is 10.1 Å². The molecule has 0 spiro atoms. The quantitative estimate of drug-likeness (QED) is 0.877. The van der Waals surface area contributed by atoms with E-state index in [2.05, 4.69) is 10.3 Å². The fourth-order valence-electron chi connectivity index (χ4n) is 1.62. The summed E-state index contributed by atoms with van der Waals surface area (Å²) in [5, 5.41) is 2.49. The van der Waals surface area contributed by atoms with Gasteiger partial charge in [-0.25, -0.2) is 9.18 Å². The van der Waals surface area contributed by atoms with Gasteiger partial charge in [-0.05, 0) is 36.8 Å². The summed E-state index contributed by atoms with van der Waals surface area (Å²) >= 11 is 0. The minimum atomic E-state index is -0.622. The molecule has 0 aliphatic carbocycles. The monoisotopic (exact) mass is 288 g/mol.